The highest BCUT2D eigenvalue weighted by atomic mass is 79.9. The molecule has 0 spiro atoms. The van der Waals surface area contributed by atoms with Crippen molar-refractivity contribution in [1.29, 1.82) is 0 Å². The van der Waals surface area contributed by atoms with Crippen LogP contribution in [0.15, 0.2) is 15.4 Å². The van der Waals surface area contributed by atoms with E-state index in [0.29, 0.717) is 10.7 Å². The second-order valence-electron chi connectivity index (χ2n) is 3.04. The minimum atomic E-state index is 0.560. The van der Waals surface area contributed by atoms with Gasteiger partial charge in [-0.1, -0.05) is 0 Å². The summed E-state index contributed by atoms with van der Waals surface area (Å²) in [7, 11) is 0. The van der Waals surface area contributed by atoms with Crippen LogP contribution in [0.3, 0.4) is 0 Å². The molecule has 2 heterocycles. The third-order valence-corrected chi connectivity index (χ3v) is 2.60. The standard InChI is InChI=1S/C8H11BrN2O/c9-8-11-5-7(12-8)6-1-3-10-4-2-6/h5-6,10H,1-4H2. The van der Waals surface area contributed by atoms with Gasteiger partial charge in [-0.2, -0.15) is 0 Å². The number of rotatable bonds is 1. The van der Waals surface area contributed by atoms with E-state index in [1.165, 1.54) is 0 Å². The fraction of sp³-hybridized carbons (Fsp3) is 0.625. The van der Waals surface area contributed by atoms with E-state index < -0.39 is 0 Å². The van der Waals surface area contributed by atoms with Crippen molar-refractivity contribution in [3.63, 3.8) is 0 Å². The Morgan fingerprint density at radius 2 is 2.25 bits per heavy atom. The van der Waals surface area contributed by atoms with Crippen molar-refractivity contribution in [1.82, 2.24) is 10.3 Å². The van der Waals surface area contributed by atoms with Crippen molar-refractivity contribution in [2.75, 3.05) is 13.1 Å². The Morgan fingerprint density at radius 3 is 2.83 bits per heavy atom. The van der Waals surface area contributed by atoms with E-state index in [2.05, 4.69) is 26.2 Å². The van der Waals surface area contributed by atoms with E-state index in [4.69, 9.17) is 4.42 Å². The van der Waals surface area contributed by atoms with Gasteiger partial charge in [0.25, 0.3) is 4.80 Å². The molecule has 0 unspecified atom stereocenters. The van der Waals surface area contributed by atoms with E-state index >= 15 is 0 Å². The Balaban J connectivity index is 2.08. The first kappa shape index (κ1) is 8.26. The van der Waals surface area contributed by atoms with E-state index in [9.17, 15) is 0 Å². The number of nitrogens with zero attached hydrogens (tertiary/aromatic N) is 1. The molecule has 1 aliphatic rings. The number of halogens is 1. The fourth-order valence-corrected chi connectivity index (χ4v) is 1.85. The molecule has 1 aromatic rings. The van der Waals surface area contributed by atoms with Gasteiger partial charge < -0.3 is 9.73 Å². The molecule has 1 aliphatic heterocycles. The molecule has 1 fully saturated rings. The zero-order chi connectivity index (χ0) is 8.39. The van der Waals surface area contributed by atoms with Gasteiger partial charge in [0, 0.05) is 21.8 Å². The molecule has 2 rings (SSSR count). The van der Waals surface area contributed by atoms with E-state index in [1.807, 2.05) is 6.20 Å². The monoisotopic (exact) mass is 230 g/mol. The second-order valence-corrected chi connectivity index (χ2v) is 3.72. The Kier molecular flexibility index (Phi) is 2.46. The Bertz CT molecular complexity index is 255. The maximum Gasteiger partial charge on any atom is 0.264 e. The Morgan fingerprint density at radius 1 is 1.50 bits per heavy atom. The van der Waals surface area contributed by atoms with Crippen molar-refractivity contribution in [3.8, 4) is 0 Å². The van der Waals surface area contributed by atoms with Gasteiger partial charge in [0.1, 0.15) is 5.76 Å². The highest BCUT2D eigenvalue weighted by Gasteiger charge is 2.18. The third-order valence-electron chi connectivity index (χ3n) is 2.24. The van der Waals surface area contributed by atoms with Gasteiger partial charge in [0.2, 0.25) is 0 Å². The van der Waals surface area contributed by atoms with Crippen LogP contribution in [-0.2, 0) is 0 Å². The molecule has 66 valence electrons. The highest BCUT2D eigenvalue weighted by Crippen LogP contribution is 2.26. The van der Waals surface area contributed by atoms with Crippen LogP contribution in [0.5, 0.6) is 0 Å². The number of oxazole rings is 1. The Labute approximate surface area is 79.7 Å². The van der Waals surface area contributed by atoms with Gasteiger partial charge in [-0.25, -0.2) is 4.98 Å². The maximum atomic E-state index is 5.40. The van der Waals surface area contributed by atoms with Crippen LogP contribution < -0.4 is 5.32 Å². The molecule has 0 bridgehead atoms. The average Bonchev–Trinajstić information content (AvgIpc) is 2.54. The highest BCUT2D eigenvalue weighted by molar-refractivity contribution is 9.10. The molecular weight excluding hydrogens is 220 g/mol. The molecule has 0 amide bonds. The summed E-state index contributed by atoms with van der Waals surface area (Å²) in [6.07, 6.45) is 4.13. The molecule has 0 radical (unpaired) electrons. The predicted octanol–water partition coefficient (Wildman–Crippen LogP) is 1.90. The van der Waals surface area contributed by atoms with Crippen molar-refractivity contribution in [2.45, 2.75) is 18.8 Å². The van der Waals surface area contributed by atoms with E-state index in [-0.39, 0.29) is 0 Å². The minimum absolute atomic E-state index is 0.560. The molecule has 1 saturated heterocycles. The number of aromatic nitrogens is 1. The van der Waals surface area contributed by atoms with Crippen LogP contribution in [0.4, 0.5) is 0 Å². The first-order chi connectivity index (χ1) is 5.86. The zero-order valence-electron chi connectivity index (χ0n) is 6.72. The van der Waals surface area contributed by atoms with E-state index in [0.717, 1.165) is 31.7 Å². The molecule has 0 aromatic carbocycles. The molecule has 4 heteroatoms. The van der Waals surface area contributed by atoms with Gasteiger partial charge in [-0.05, 0) is 25.9 Å². The lowest BCUT2D eigenvalue weighted by atomic mass is 9.96. The molecule has 0 saturated carbocycles. The van der Waals surface area contributed by atoms with Crippen molar-refractivity contribution in [3.05, 3.63) is 16.8 Å². The number of hydrogen-bond acceptors (Lipinski definition) is 3. The quantitative estimate of drug-likeness (QED) is 0.802. The summed E-state index contributed by atoms with van der Waals surface area (Å²) in [4.78, 5) is 4.61. The van der Waals surface area contributed by atoms with E-state index in [1.54, 1.807) is 0 Å². The smallest absolute Gasteiger partial charge is 0.264 e. The summed E-state index contributed by atoms with van der Waals surface area (Å²) >= 11 is 3.21. The maximum absolute atomic E-state index is 5.40. The summed E-state index contributed by atoms with van der Waals surface area (Å²) < 4.78 is 5.40. The SMILES string of the molecule is Brc1ncc(C2CCNCC2)o1. The lowest BCUT2D eigenvalue weighted by Gasteiger charge is -2.19. The average molecular weight is 231 g/mol. The summed E-state index contributed by atoms with van der Waals surface area (Å²) in [5.41, 5.74) is 0. The summed E-state index contributed by atoms with van der Waals surface area (Å²) in [6.45, 7) is 2.17. The number of piperidine rings is 1. The second kappa shape index (κ2) is 3.58. The van der Waals surface area contributed by atoms with Crippen molar-refractivity contribution >= 4 is 15.9 Å². The third kappa shape index (κ3) is 1.69. The first-order valence-electron chi connectivity index (χ1n) is 4.18. The van der Waals surface area contributed by atoms with Gasteiger partial charge >= 0.3 is 0 Å². The first-order valence-corrected chi connectivity index (χ1v) is 4.97. The topological polar surface area (TPSA) is 38.1 Å². The molecule has 1 aromatic heterocycles. The summed E-state index contributed by atoms with van der Waals surface area (Å²) in [5, 5.41) is 3.32. The van der Waals surface area contributed by atoms with Crippen molar-refractivity contribution in [2.24, 2.45) is 0 Å². The lowest BCUT2D eigenvalue weighted by molar-refractivity contribution is 0.377. The number of nitrogens with one attached hydrogen (secondary N) is 1. The molecular formula is C8H11BrN2O. The zero-order valence-corrected chi connectivity index (χ0v) is 8.30. The van der Waals surface area contributed by atoms with Crippen LogP contribution >= 0.6 is 15.9 Å². The summed E-state index contributed by atoms with van der Waals surface area (Å²) in [6, 6.07) is 0. The Hall–Kier alpha value is -0.350. The number of hydrogen-bond donors (Lipinski definition) is 1. The predicted molar refractivity (Wildman–Crippen MR) is 49.0 cm³/mol. The minimum Gasteiger partial charge on any atom is -0.436 e. The molecule has 0 aliphatic carbocycles. The summed E-state index contributed by atoms with van der Waals surface area (Å²) in [5.74, 6) is 1.58. The van der Waals surface area contributed by atoms with Crippen LogP contribution in [0.1, 0.15) is 24.5 Å². The molecule has 12 heavy (non-hydrogen) atoms. The van der Waals surface area contributed by atoms with Gasteiger partial charge in [-0.3, -0.25) is 0 Å². The lowest BCUT2D eigenvalue weighted by Crippen LogP contribution is -2.26. The van der Waals surface area contributed by atoms with Crippen LogP contribution in [0.25, 0.3) is 0 Å². The molecule has 0 atom stereocenters. The van der Waals surface area contributed by atoms with Crippen molar-refractivity contribution < 1.29 is 4.42 Å². The molecule has 3 nitrogen and oxygen atoms in total. The fourth-order valence-electron chi connectivity index (χ4n) is 1.56. The van der Waals surface area contributed by atoms with Crippen LogP contribution in [0.2, 0.25) is 0 Å². The van der Waals surface area contributed by atoms with Gasteiger partial charge in [0.05, 0.1) is 6.20 Å². The van der Waals surface area contributed by atoms with Crippen LogP contribution in [-0.4, -0.2) is 18.1 Å². The van der Waals surface area contributed by atoms with Gasteiger partial charge in [-0.15, -0.1) is 0 Å². The largest absolute Gasteiger partial charge is 0.436 e. The normalized spacial score (nSPS) is 19.8. The van der Waals surface area contributed by atoms with Gasteiger partial charge in [0.15, 0.2) is 0 Å². The van der Waals surface area contributed by atoms with Crippen LogP contribution in [0, 0.1) is 0 Å². The molecule has 1 N–H and O–H groups in total.